The van der Waals surface area contributed by atoms with Crippen LogP contribution in [0.25, 0.3) is 0 Å². The number of nitrogens with zero attached hydrogens (tertiary/aromatic N) is 3. The Morgan fingerprint density at radius 2 is 1.72 bits per heavy atom. The molecule has 0 aliphatic rings. The highest BCUT2D eigenvalue weighted by molar-refractivity contribution is 7.81. The Bertz CT molecular complexity index is 830. The van der Waals surface area contributed by atoms with E-state index in [9.17, 15) is 13.2 Å². The summed E-state index contributed by atoms with van der Waals surface area (Å²) in [5.74, 6) is -0.414. The van der Waals surface area contributed by atoms with Gasteiger partial charge in [-0.1, -0.05) is 18.2 Å². The van der Waals surface area contributed by atoms with Crippen LogP contribution in [0.2, 0.25) is 0 Å². The van der Waals surface area contributed by atoms with Crippen molar-refractivity contribution in [2.24, 2.45) is 10.2 Å². The average Bonchev–Trinajstić information content (AvgIpc) is 2.45. The topological polar surface area (TPSA) is 170 Å². The minimum atomic E-state index is -4.57. The zero-order valence-electron chi connectivity index (χ0n) is 12.9. The van der Waals surface area contributed by atoms with Crippen molar-refractivity contribution in [2.75, 3.05) is 11.5 Å². The first kappa shape index (κ1) is 22.2. The van der Waals surface area contributed by atoms with Gasteiger partial charge in [-0.2, -0.15) is 13.5 Å². The van der Waals surface area contributed by atoms with Crippen molar-refractivity contribution in [2.45, 2.75) is 6.92 Å². The molecule has 136 valence electrons. The smallest absolute Gasteiger partial charge is 0.384 e. The number of pyridine rings is 1. The molecular weight excluding hydrogens is 374 g/mol. The normalized spacial score (nSPS) is 10.3. The molecule has 10 nitrogen and oxygen atoms in total. The van der Waals surface area contributed by atoms with Gasteiger partial charge >= 0.3 is 16.4 Å². The van der Waals surface area contributed by atoms with Gasteiger partial charge in [0.25, 0.3) is 0 Å². The summed E-state index contributed by atoms with van der Waals surface area (Å²) in [7, 11) is -4.57. The summed E-state index contributed by atoms with van der Waals surface area (Å²) in [4.78, 5) is 13.6. The zero-order chi connectivity index (χ0) is 18.2. The molecule has 0 bridgehead atoms. The maximum Gasteiger partial charge on any atom is 0.448 e. The Hall–Kier alpha value is -2.76. The maximum atomic E-state index is 9.70. The predicted molar refractivity (Wildman–Crippen MR) is 94.2 cm³/mol. The molecule has 12 heteroatoms. The molecule has 1 aromatic carbocycles. The van der Waals surface area contributed by atoms with E-state index in [-0.39, 0.29) is 18.2 Å². The highest BCUT2D eigenvalue weighted by Gasteiger charge is 2.06. The number of benzene rings is 1. The summed E-state index contributed by atoms with van der Waals surface area (Å²) in [5, 5.41) is 8.03. The first-order valence-electron chi connectivity index (χ1n) is 6.33. The molecule has 2 rings (SSSR count). The Morgan fingerprint density at radius 3 is 2.16 bits per heavy atom. The van der Waals surface area contributed by atoms with Gasteiger partial charge in [-0.25, -0.2) is 4.98 Å². The molecule has 0 amide bonds. The van der Waals surface area contributed by atoms with E-state index >= 15 is 0 Å². The molecule has 0 fully saturated rings. The molecule has 5 N–H and O–H groups in total. The molecule has 25 heavy (non-hydrogen) atoms. The molecular formula is C13H16ClN5O5S. The maximum absolute atomic E-state index is 9.70. The van der Waals surface area contributed by atoms with Crippen molar-refractivity contribution in [3.05, 3.63) is 42.5 Å². The lowest BCUT2D eigenvalue weighted by atomic mass is 10.3. The van der Waals surface area contributed by atoms with Crippen molar-refractivity contribution in [3.8, 4) is 0 Å². The number of anilines is 2. The van der Waals surface area contributed by atoms with Gasteiger partial charge in [0.05, 0.1) is 5.69 Å². The van der Waals surface area contributed by atoms with E-state index in [0.29, 0.717) is 11.5 Å². The minimum Gasteiger partial charge on any atom is -0.384 e. The number of hydrogen-bond acceptors (Lipinski definition) is 9. The SMILES string of the molecule is CC(=O)OS(=O)(=O)O.Cl.Nc1ccc(N=Nc2ccccc2)c(N)n1. The largest absolute Gasteiger partial charge is 0.448 e. The Morgan fingerprint density at radius 1 is 1.12 bits per heavy atom. The van der Waals surface area contributed by atoms with Gasteiger partial charge in [-0.3, -0.25) is 9.35 Å². The molecule has 0 saturated heterocycles. The van der Waals surface area contributed by atoms with Crippen LogP contribution in [0.15, 0.2) is 52.7 Å². The minimum absolute atomic E-state index is 0. The molecule has 1 heterocycles. The molecule has 0 aliphatic heterocycles. The van der Waals surface area contributed by atoms with Gasteiger partial charge in [-0.05, 0) is 24.3 Å². The lowest BCUT2D eigenvalue weighted by Crippen LogP contribution is -2.07. The molecule has 1 aromatic heterocycles. The van der Waals surface area contributed by atoms with Crippen LogP contribution in [0.4, 0.5) is 23.0 Å². The number of carbonyl (C=O) groups excluding carboxylic acids is 1. The number of halogens is 1. The van der Waals surface area contributed by atoms with Crippen molar-refractivity contribution in [1.29, 1.82) is 0 Å². The standard InChI is InChI=1S/C11H11N5.C2H4O5S.ClH/c12-10-7-6-9(11(13)14-10)16-15-8-4-2-1-3-5-8;1-2(3)7-8(4,5)6;/h1-7H,(H4,12,13,14);1H3,(H,4,5,6);1H. The van der Waals surface area contributed by atoms with Crippen LogP contribution in [0.3, 0.4) is 0 Å². The fourth-order valence-electron chi connectivity index (χ4n) is 1.32. The van der Waals surface area contributed by atoms with Crippen LogP contribution >= 0.6 is 12.4 Å². The van der Waals surface area contributed by atoms with Crippen LogP contribution in [0, 0.1) is 0 Å². The summed E-state index contributed by atoms with van der Waals surface area (Å²) in [6, 6.07) is 12.7. The van der Waals surface area contributed by atoms with Gasteiger partial charge in [0.15, 0.2) is 5.82 Å². The van der Waals surface area contributed by atoms with Gasteiger partial charge < -0.3 is 15.7 Å². The van der Waals surface area contributed by atoms with Gasteiger partial charge in [0.2, 0.25) is 0 Å². The van der Waals surface area contributed by atoms with E-state index in [2.05, 4.69) is 19.4 Å². The van der Waals surface area contributed by atoms with Crippen molar-refractivity contribution in [3.63, 3.8) is 0 Å². The number of hydrogen-bond donors (Lipinski definition) is 3. The van der Waals surface area contributed by atoms with Crippen molar-refractivity contribution in [1.82, 2.24) is 4.98 Å². The lowest BCUT2D eigenvalue weighted by Gasteiger charge is -1.98. The summed E-state index contributed by atoms with van der Waals surface area (Å²) < 4.78 is 30.2. The summed E-state index contributed by atoms with van der Waals surface area (Å²) in [6.45, 7) is 0.869. The van der Waals surface area contributed by atoms with Crippen molar-refractivity contribution >= 4 is 51.8 Å². The lowest BCUT2D eigenvalue weighted by molar-refractivity contribution is -0.131. The predicted octanol–water partition coefficient (Wildman–Crippen LogP) is 2.44. The van der Waals surface area contributed by atoms with Gasteiger partial charge in [-0.15, -0.1) is 17.5 Å². The monoisotopic (exact) mass is 389 g/mol. The first-order chi connectivity index (χ1) is 11.2. The third-order valence-electron chi connectivity index (χ3n) is 2.18. The van der Waals surface area contributed by atoms with Crippen molar-refractivity contribution < 1.29 is 21.9 Å². The third-order valence-corrected chi connectivity index (χ3v) is 2.62. The Balaban J connectivity index is 0.000000552. The second-order valence-electron chi connectivity index (χ2n) is 4.18. The molecule has 0 radical (unpaired) electrons. The highest BCUT2D eigenvalue weighted by Crippen LogP contribution is 2.23. The van der Waals surface area contributed by atoms with E-state index in [1.54, 1.807) is 12.1 Å². The second-order valence-corrected chi connectivity index (χ2v) is 5.20. The number of aromatic nitrogens is 1. The number of azo groups is 1. The molecule has 0 unspecified atom stereocenters. The molecule has 0 atom stereocenters. The molecule has 0 aliphatic carbocycles. The van der Waals surface area contributed by atoms with Crippen LogP contribution in [-0.4, -0.2) is 23.9 Å². The zero-order valence-corrected chi connectivity index (χ0v) is 14.6. The number of nitrogen functional groups attached to an aromatic ring is 2. The van der Waals surface area contributed by atoms with Gasteiger partial charge in [0, 0.05) is 6.92 Å². The Labute approximate surface area is 150 Å². The van der Waals surface area contributed by atoms with Gasteiger partial charge in [0.1, 0.15) is 11.5 Å². The average molecular weight is 390 g/mol. The van der Waals surface area contributed by atoms with E-state index in [0.717, 1.165) is 12.6 Å². The molecule has 2 aromatic rings. The summed E-state index contributed by atoms with van der Waals surface area (Å²) in [6.07, 6.45) is 0. The van der Waals surface area contributed by atoms with Crippen LogP contribution in [-0.2, 0) is 19.4 Å². The van der Waals surface area contributed by atoms with E-state index in [1.807, 2.05) is 30.3 Å². The number of nitrogens with two attached hydrogens (primary N) is 2. The van der Waals surface area contributed by atoms with E-state index in [1.165, 1.54) is 0 Å². The fourth-order valence-corrected chi connectivity index (χ4v) is 1.62. The van der Waals surface area contributed by atoms with E-state index in [4.69, 9.17) is 16.0 Å². The molecule has 0 saturated carbocycles. The highest BCUT2D eigenvalue weighted by atomic mass is 35.5. The number of carbonyl (C=O) groups is 1. The summed E-state index contributed by atoms with van der Waals surface area (Å²) in [5.41, 5.74) is 12.4. The second kappa shape index (κ2) is 10.2. The van der Waals surface area contributed by atoms with E-state index < -0.39 is 16.4 Å². The van der Waals surface area contributed by atoms with Crippen LogP contribution in [0.1, 0.15) is 6.92 Å². The van der Waals surface area contributed by atoms with Crippen LogP contribution < -0.4 is 11.5 Å². The Kier molecular flexibility index (Phi) is 9.05. The van der Waals surface area contributed by atoms with Crippen LogP contribution in [0.5, 0.6) is 0 Å². The fraction of sp³-hybridized carbons (Fsp3) is 0.0769. The number of rotatable bonds is 3. The quantitative estimate of drug-likeness (QED) is 0.530. The third kappa shape index (κ3) is 9.86. The first-order valence-corrected chi connectivity index (χ1v) is 7.70. The summed E-state index contributed by atoms with van der Waals surface area (Å²) >= 11 is 0. The molecule has 0 spiro atoms.